The maximum atomic E-state index is 12.4. The fourth-order valence-corrected chi connectivity index (χ4v) is 3.57. The fraction of sp³-hybridized carbons (Fsp3) is 0.222. The van der Waals surface area contributed by atoms with Crippen LogP contribution >= 0.6 is 11.3 Å². The summed E-state index contributed by atoms with van der Waals surface area (Å²) in [6.07, 6.45) is 3.42. The van der Waals surface area contributed by atoms with E-state index >= 15 is 0 Å². The first-order valence-electron chi connectivity index (χ1n) is 7.70. The molecule has 126 valence electrons. The number of rotatable bonds is 3. The van der Waals surface area contributed by atoms with Gasteiger partial charge in [0.1, 0.15) is 11.6 Å². The fourth-order valence-electron chi connectivity index (χ4n) is 2.82. The quantitative estimate of drug-likeness (QED) is 0.681. The van der Waals surface area contributed by atoms with Crippen LogP contribution < -0.4 is 5.56 Å². The van der Waals surface area contributed by atoms with Crippen molar-refractivity contribution in [1.82, 2.24) is 14.2 Å². The Morgan fingerprint density at radius 1 is 1.24 bits per heavy atom. The lowest BCUT2D eigenvalue weighted by Crippen LogP contribution is -2.22. The van der Waals surface area contributed by atoms with Crippen molar-refractivity contribution in [2.24, 2.45) is 5.10 Å². The van der Waals surface area contributed by atoms with E-state index in [-0.39, 0.29) is 5.56 Å². The first-order chi connectivity index (χ1) is 11.9. The predicted octanol–water partition coefficient (Wildman–Crippen LogP) is 3.08. The topological polar surface area (TPSA) is 76.0 Å². The molecule has 3 aromatic heterocycles. The second-order valence-corrected chi connectivity index (χ2v) is 6.67. The standard InChI is InChI=1S/C18H17N5OS/c1-11-7-13(3)23(17(24)16(11)9-19)21-10-15-8-12(2)22(14(15)4)18-20-5-6-25-18/h5-8,10H,1-4H3/b21-10-. The third-order valence-electron chi connectivity index (χ3n) is 4.07. The molecule has 0 fully saturated rings. The van der Waals surface area contributed by atoms with Gasteiger partial charge in [0.05, 0.1) is 6.21 Å². The highest BCUT2D eigenvalue weighted by Crippen LogP contribution is 2.21. The van der Waals surface area contributed by atoms with Gasteiger partial charge in [-0.15, -0.1) is 11.3 Å². The average Bonchev–Trinajstić information content (AvgIpc) is 3.15. The monoisotopic (exact) mass is 351 g/mol. The van der Waals surface area contributed by atoms with E-state index in [1.807, 2.05) is 31.4 Å². The van der Waals surface area contributed by atoms with E-state index in [4.69, 9.17) is 5.26 Å². The van der Waals surface area contributed by atoms with Gasteiger partial charge in [-0.2, -0.15) is 10.4 Å². The molecular weight excluding hydrogens is 334 g/mol. The molecule has 0 atom stereocenters. The Morgan fingerprint density at radius 2 is 2.00 bits per heavy atom. The third kappa shape index (κ3) is 2.92. The number of nitriles is 1. The molecule has 0 N–H and O–H groups in total. The van der Waals surface area contributed by atoms with E-state index in [0.29, 0.717) is 11.3 Å². The van der Waals surface area contributed by atoms with Crippen molar-refractivity contribution in [3.05, 3.63) is 67.8 Å². The van der Waals surface area contributed by atoms with Crippen LogP contribution in [0.3, 0.4) is 0 Å². The molecule has 0 bridgehead atoms. The second-order valence-electron chi connectivity index (χ2n) is 5.79. The van der Waals surface area contributed by atoms with Crippen LogP contribution in [0.2, 0.25) is 0 Å². The summed E-state index contributed by atoms with van der Waals surface area (Å²) < 4.78 is 3.32. The van der Waals surface area contributed by atoms with Gasteiger partial charge in [0.25, 0.3) is 5.56 Å². The van der Waals surface area contributed by atoms with E-state index < -0.39 is 5.56 Å². The maximum Gasteiger partial charge on any atom is 0.289 e. The number of aryl methyl sites for hydroxylation is 3. The highest BCUT2D eigenvalue weighted by Gasteiger charge is 2.12. The van der Waals surface area contributed by atoms with E-state index in [0.717, 1.165) is 22.1 Å². The van der Waals surface area contributed by atoms with Crippen LogP contribution in [0.4, 0.5) is 0 Å². The van der Waals surface area contributed by atoms with Gasteiger partial charge < -0.3 is 0 Å². The predicted molar refractivity (Wildman–Crippen MR) is 98.8 cm³/mol. The highest BCUT2D eigenvalue weighted by atomic mass is 32.1. The van der Waals surface area contributed by atoms with Gasteiger partial charge >= 0.3 is 0 Å². The zero-order chi connectivity index (χ0) is 18.1. The van der Waals surface area contributed by atoms with Crippen molar-refractivity contribution >= 4 is 17.6 Å². The SMILES string of the molecule is Cc1cc(C)n(/N=C\c2cc(C)n(-c3nccs3)c2C)c(=O)c1C#N. The number of nitrogens with zero attached hydrogens (tertiary/aromatic N) is 5. The van der Waals surface area contributed by atoms with Gasteiger partial charge in [-0.3, -0.25) is 9.36 Å². The minimum atomic E-state index is -0.398. The van der Waals surface area contributed by atoms with Crippen molar-refractivity contribution in [2.45, 2.75) is 27.7 Å². The Morgan fingerprint density at radius 3 is 2.64 bits per heavy atom. The van der Waals surface area contributed by atoms with Crippen LogP contribution in [0.25, 0.3) is 5.13 Å². The molecule has 3 rings (SSSR count). The molecule has 3 aromatic rings. The molecule has 0 unspecified atom stereocenters. The lowest BCUT2D eigenvalue weighted by Gasteiger charge is -2.06. The lowest BCUT2D eigenvalue weighted by atomic mass is 10.1. The Bertz CT molecular complexity index is 1060. The summed E-state index contributed by atoms with van der Waals surface area (Å²) in [4.78, 5) is 16.8. The first-order valence-corrected chi connectivity index (χ1v) is 8.58. The summed E-state index contributed by atoms with van der Waals surface area (Å²) in [5.74, 6) is 0. The molecule has 0 aromatic carbocycles. The largest absolute Gasteiger partial charge is 0.294 e. The molecule has 0 saturated heterocycles. The van der Waals surface area contributed by atoms with Gasteiger partial charge in [-0.05, 0) is 45.4 Å². The number of aromatic nitrogens is 3. The molecule has 0 aliphatic rings. The number of hydrogen-bond donors (Lipinski definition) is 0. The number of pyridine rings is 1. The van der Waals surface area contributed by atoms with Crippen molar-refractivity contribution in [3.63, 3.8) is 0 Å². The molecular formula is C18H17N5OS. The normalized spacial score (nSPS) is 11.2. The second kappa shape index (κ2) is 6.49. The van der Waals surface area contributed by atoms with Gasteiger partial charge in [0, 0.05) is 34.2 Å². The van der Waals surface area contributed by atoms with Crippen LogP contribution in [-0.4, -0.2) is 20.4 Å². The van der Waals surface area contributed by atoms with Crippen LogP contribution in [0, 0.1) is 39.0 Å². The van der Waals surface area contributed by atoms with Crippen molar-refractivity contribution in [3.8, 4) is 11.2 Å². The molecule has 3 heterocycles. The molecule has 0 spiro atoms. The lowest BCUT2D eigenvalue weighted by molar-refractivity contribution is 0.786. The maximum absolute atomic E-state index is 12.4. The molecule has 0 aliphatic heterocycles. The van der Waals surface area contributed by atoms with Gasteiger partial charge in [-0.1, -0.05) is 0 Å². The van der Waals surface area contributed by atoms with Crippen molar-refractivity contribution in [2.75, 3.05) is 0 Å². The number of thiazole rings is 1. The average molecular weight is 351 g/mol. The Kier molecular flexibility index (Phi) is 4.38. The van der Waals surface area contributed by atoms with E-state index in [2.05, 4.69) is 14.7 Å². The Labute approximate surface area is 149 Å². The highest BCUT2D eigenvalue weighted by molar-refractivity contribution is 7.12. The zero-order valence-corrected chi connectivity index (χ0v) is 15.3. The van der Waals surface area contributed by atoms with Gasteiger partial charge in [0.15, 0.2) is 5.13 Å². The van der Waals surface area contributed by atoms with Crippen molar-refractivity contribution < 1.29 is 0 Å². The molecule has 25 heavy (non-hydrogen) atoms. The minimum Gasteiger partial charge on any atom is -0.294 e. The summed E-state index contributed by atoms with van der Waals surface area (Å²) in [6.45, 7) is 7.54. The van der Waals surface area contributed by atoms with Crippen LogP contribution in [0.5, 0.6) is 0 Å². The van der Waals surface area contributed by atoms with Crippen molar-refractivity contribution in [1.29, 1.82) is 5.26 Å². The molecule has 0 saturated carbocycles. The van der Waals surface area contributed by atoms with E-state index in [1.165, 1.54) is 4.68 Å². The summed E-state index contributed by atoms with van der Waals surface area (Å²) in [7, 11) is 0. The number of hydrogen-bond acceptors (Lipinski definition) is 5. The Balaban J connectivity index is 2.07. The molecule has 7 heteroatoms. The van der Waals surface area contributed by atoms with Crippen LogP contribution in [0.15, 0.2) is 33.6 Å². The molecule has 6 nitrogen and oxygen atoms in total. The first kappa shape index (κ1) is 16.9. The summed E-state index contributed by atoms with van der Waals surface area (Å²) in [5, 5.41) is 16.3. The summed E-state index contributed by atoms with van der Waals surface area (Å²) in [6, 6.07) is 5.74. The summed E-state index contributed by atoms with van der Waals surface area (Å²) >= 11 is 1.56. The third-order valence-corrected chi connectivity index (χ3v) is 4.82. The van der Waals surface area contributed by atoms with E-state index in [1.54, 1.807) is 43.7 Å². The zero-order valence-electron chi connectivity index (χ0n) is 14.4. The van der Waals surface area contributed by atoms with E-state index in [9.17, 15) is 4.79 Å². The molecule has 0 radical (unpaired) electrons. The van der Waals surface area contributed by atoms with Crippen LogP contribution in [-0.2, 0) is 0 Å². The molecule has 0 aliphatic carbocycles. The minimum absolute atomic E-state index is 0.121. The van der Waals surface area contributed by atoms with Gasteiger partial charge in [-0.25, -0.2) is 9.66 Å². The Hall–Kier alpha value is -2.98. The molecule has 0 amide bonds. The van der Waals surface area contributed by atoms with Gasteiger partial charge in [0.2, 0.25) is 0 Å². The van der Waals surface area contributed by atoms with Crippen LogP contribution in [0.1, 0.15) is 33.8 Å². The smallest absolute Gasteiger partial charge is 0.289 e. The summed E-state index contributed by atoms with van der Waals surface area (Å²) in [5.41, 5.74) is 4.01.